The van der Waals surface area contributed by atoms with Gasteiger partial charge in [0.25, 0.3) is 0 Å². The molecule has 278 valence electrons. The number of rotatable bonds is 6. The van der Waals surface area contributed by atoms with Crippen LogP contribution in [0, 0.1) is 6.92 Å². The number of para-hydroxylation sites is 1. The second-order valence-electron chi connectivity index (χ2n) is 17.0. The van der Waals surface area contributed by atoms with Gasteiger partial charge in [-0.1, -0.05) is 145 Å². The molecule has 0 radical (unpaired) electrons. The number of aromatic nitrogens is 3. The second kappa shape index (κ2) is 14.1. The molecule has 2 heterocycles. The van der Waals surface area contributed by atoms with Crippen LogP contribution < -0.4 is 0 Å². The number of phenolic OH excluding ortho intramolecular Hbond substituents is 1. The van der Waals surface area contributed by atoms with Gasteiger partial charge in [0.1, 0.15) is 11.6 Å². The predicted octanol–water partition coefficient (Wildman–Crippen LogP) is 13.6. The summed E-state index contributed by atoms with van der Waals surface area (Å²) >= 11 is 0. The monoisotopic (exact) mass is 731 g/mol. The summed E-state index contributed by atoms with van der Waals surface area (Å²) < 4.78 is 2.12. The molecule has 0 unspecified atom stereocenters. The van der Waals surface area contributed by atoms with E-state index in [1.165, 1.54) is 16.7 Å². The highest BCUT2D eigenvalue weighted by molar-refractivity contribution is 5.97. The molecule has 0 bridgehead atoms. The first-order chi connectivity index (χ1) is 26.8. The number of hydrogen-bond acceptors (Lipinski definition) is 3. The van der Waals surface area contributed by atoms with Crippen molar-refractivity contribution in [2.75, 3.05) is 0 Å². The minimum absolute atomic E-state index is 0.116. The molecule has 6 aromatic carbocycles. The third-order valence-corrected chi connectivity index (χ3v) is 11.0. The van der Waals surface area contributed by atoms with Crippen molar-refractivity contribution in [3.8, 4) is 72.9 Å². The molecule has 0 fully saturated rings. The first-order valence-corrected chi connectivity index (χ1v) is 19.4. The maximum absolute atomic E-state index is 11.9. The number of aryl methyl sites for hydroxylation is 2. The van der Waals surface area contributed by atoms with Crippen LogP contribution in [0.3, 0.4) is 0 Å². The van der Waals surface area contributed by atoms with E-state index in [4.69, 9.17) is 9.97 Å². The number of fused-ring (bicyclic) bond motifs is 1. The van der Waals surface area contributed by atoms with Gasteiger partial charge < -0.3 is 9.67 Å². The zero-order valence-corrected chi connectivity index (χ0v) is 33.6. The van der Waals surface area contributed by atoms with E-state index < -0.39 is 0 Å². The van der Waals surface area contributed by atoms with Gasteiger partial charge in [-0.2, -0.15) is 0 Å². The Morgan fingerprint density at radius 1 is 0.518 bits per heavy atom. The molecule has 0 saturated heterocycles. The fourth-order valence-electron chi connectivity index (χ4n) is 7.80. The standard InChI is InChI=1S/C52H49N3O/c1-33-32-53-46(31-43(33)35-20-13-10-14-21-35)38-27-36(41-23-16-15-22-40(41)34-18-11-9-12-19-34)26-37(28-38)42-24-17-25-47-48(42)54-50(55(47)8)44-29-39(51(2,3)4)30-45(49(44)56)52(5,6)7/h9-32,56H,1-8H3. The van der Waals surface area contributed by atoms with Crippen molar-refractivity contribution >= 4 is 11.0 Å². The van der Waals surface area contributed by atoms with Crippen molar-refractivity contribution in [1.29, 1.82) is 0 Å². The van der Waals surface area contributed by atoms with Gasteiger partial charge in [-0.25, -0.2) is 4.98 Å². The van der Waals surface area contributed by atoms with Crippen molar-refractivity contribution in [1.82, 2.24) is 14.5 Å². The quantitative estimate of drug-likeness (QED) is 0.185. The van der Waals surface area contributed by atoms with Crippen LogP contribution in [-0.4, -0.2) is 19.6 Å². The van der Waals surface area contributed by atoms with E-state index in [-0.39, 0.29) is 16.6 Å². The third kappa shape index (κ3) is 6.81. The first kappa shape index (κ1) is 36.7. The van der Waals surface area contributed by atoms with Gasteiger partial charge in [0.2, 0.25) is 0 Å². The zero-order chi connectivity index (χ0) is 39.4. The molecular weight excluding hydrogens is 683 g/mol. The summed E-state index contributed by atoms with van der Waals surface area (Å²) in [5.74, 6) is 1.02. The molecule has 56 heavy (non-hydrogen) atoms. The molecule has 0 atom stereocenters. The molecule has 4 heteroatoms. The fraction of sp³-hybridized carbons (Fsp3) is 0.192. The number of imidazole rings is 1. The summed E-state index contributed by atoms with van der Waals surface area (Å²) in [5.41, 5.74) is 16.3. The number of pyridine rings is 1. The number of aromatic hydroxyl groups is 1. The molecule has 2 aromatic heterocycles. The average Bonchev–Trinajstić information content (AvgIpc) is 3.53. The number of phenols is 1. The number of hydrogen-bond donors (Lipinski definition) is 1. The van der Waals surface area contributed by atoms with Crippen LogP contribution in [0.15, 0.2) is 146 Å². The van der Waals surface area contributed by atoms with Crippen LogP contribution in [0.2, 0.25) is 0 Å². The van der Waals surface area contributed by atoms with E-state index in [0.717, 1.165) is 78.2 Å². The molecule has 0 aliphatic carbocycles. The van der Waals surface area contributed by atoms with Gasteiger partial charge in [0.15, 0.2) is 0 Å². The van der Waals surface area contributed by atoms with Crippen LogP contribution in [0.25, 0.3) is 78.2 Å². The van der Waals surface area contributed by atoms with E-state index in [9.17, 15) is 5.11 Å². The van der Waals surface area contributed by atoms with Gasteiger partial charge in [-0.15, -0.1) is 0 Å². The Kier molecular flexibility index (Phi) is 9.25. The minimum Gasteiger partial charge on any atom is -0.507 e. The lowest BCUT2D eigenvalue weighted by atomic mass is 9.79. The Hall–Kier alpha value is -6.26. The van der Waals surface area contributed by atoms with Crippen molar-refractivity contribution < 1.29 is 5.11 Å². The molecule has 0 aliphatic rings. The SMILES string of the molecule is Cc1cnc(-c2cc(-c3ccccc3-c3ccccc3)cc(-c3cccc4c3nc(-c3cc(C(C)(C)C)cc(C(C)(C)C)c3O)n4C)c2)cc1-c1ccccc1. The average molecular weight is 732 g/mol. The summed E-state index contributed by atoms with van der Waals surface area (Å²) in [4.78, 5) is 10.4. The summed E-state index contributed by atoms with van der Waals surface area (Å²) in [6, 6.07) is 49.4. The van der Waals surface area contributed by atoms with Crippen molar-refractivity contribution in [3.63, 3.8) is 0 Å². The maximum Gasteiger partial charge on any atom is 0.144 e. The molecule has 0 spiro atoms. The molecule has 4 nitrogen and oxygen atoms in total. The maximum atomic E-state index is 11.9. The lowest BCUT2D eigenvalue weighted by Crippen LogP contribution is -2.17. The van der Waals surface area contributed by atoms with Crippen LogP contribution >= 0.6 is 0 Å². The molecule has 0 saturated carbocycles. The Morgan fingerprint density at radius 3 is 1.70 bits per heavy atom. The van der Waals surface area contributed by atoms with E-state index in [1.54, 1.807) is 0 Å². The van der Waals surface area contributed by atoms with Gasteiger partial charge >= 0.3 is 0 Å². The summed E-state index contributed by atoms with van der Waals surface area (Å²) in [5, 5.41) is 11.9. The Morgan fingerprint density at radius 2 is 1.07 bits per heavy atom. The Bertz CT molecular complexity index is 2730. The van der Waals surface area contributed by atoms with Crippen molar-refractivity contribution in [2.24, 2.45) is 7.05 Å². The van der Waals surface area contributed by atoms with E-state index in [1.807, 2.05) is 13.2 Å². The van der Waals surface area contributed by atoms with Crippen LogP contribution in [0.4, 0.5) is 0 Å². The molecule has 0 amide bonds. The first-order valence-electron chi connectivity index (χ1n) is 19.4. The third-order valence-electron chi connectivity index (χ3n) is 11.0. The highest BCUT2D eigenvalue weighted by Crippen LogP contribution is 2.44. The Labute approximate surface area is 331 Å². The van der Waals surface area contributed by atoms with E-state index in [2.05, 4.69) is 193 Å². The minimum atomic E-state index is -0.257. The van der Waals surface area contributed by atoms with Gasteiger partial charge in [-0.3, -0.25) is 4.98 Å². The Balaban J connectivity index is 1.37. The molecule has 8 rings (SSSR count). The van der Waals surface area contributed by atoms with Crippen molar-refractivity contribution in [3.05, 3.63) is 162 Å². The highest BCUT2D eigenvalue weighted by atomic mass is 16.3. The van der Waals surface area contributed by atoms with Crippen LogP contribution in [-0.2, 0) is 17.9 Å². The summed E-state index contributed by atoms with van der Waals surface area (Å²) in [7, 11) is 2.05. The molecule has 0 aliphatic heterocycles. The smallest absolute Gasteiger partial charge is 0.144 e. The zero-order valence-electron chi connectivity index (χ0n) is 33.6. The van der Waals surface area contributed by atoms with E-state index in [0.29, 0.717) is 0 Å². The lowest BCUT2D eigenvalue weighted by Gasteiger charge is -2.27. The fourth-order valence-corrected chi connectivity index (χ4v) is 7.80. The van der Waals surface area contributed by atoms with Gasteiger partial charge in [0.05, 0.1) is 22.3 Å². The molecule has 1 N–H and O–H groups in total. The normalized spacial score (nSPS) is 12.0. The molecule has 8 aromatic rings. The van der Waals surface area contributed by atoms with Gasteiger partial charge in [0, 0.05) is 29.9 Å². The van der Waals surface area contributed by atoms with Crippen LogP contribution in [0.1, 0.15) is 58.2 Å². The molecular formula is C52H49N3O. The lowest BCUT2D eigenvalue weighted by molar-refractivity contribution is 0.446. The van der Waals surface area contributed by atoms with Crippen LogP contribution in [0.5, 0.6) is 5.75 Å². The van der Waals surface area contributed by atoms with Crippen molar-refractivity contribution in [2.45, 2.75) is 59.3 Å². The number of benzene rings is 6. The second-order valence-corrected chi connectivity index (χ2v) is 17.0. The summed E-state index contributed by atoms with van der Waals surface area (Å²) in [6.07, 6.45) is 1.98. The van der Waals surface area contributed by atoms with Gasteiger partial charge in [-0.05, 0) is 104 Å². The predicted molar refractivity (Wildman–Crippen MR) is 235 cm³/mol. The topological polar surface area (TPSA) is 50.9 Å². The van der Waals surface area contributed by atoms with E-state index >= 15 is 0 Å². The highest BCUT2D eigenvalue weighted by Gasteiger charge is 2.28. The summed E-state index contributed by atoms with van der Waals surface area (Å²) in [6.45, 7) is 15.2. The number of nitrogens with zero attached hydrogens (tertiary/aromatic N) is 3. The largest absolute Gasteiger partial charge is 0.507 e.